The molecule has 1 aliphatic heterocycles. The lowest BCUT2D eigenvalue weighted by molar-refractivity contribution is -0.0677. The Bertz CT molecular complexity index is 862. The van der Waals surface area contributed by atoms with Gasteiger partial charge in [0.1, 0.15) is 18.3 Å². The zero-order valence-electron chi connectivity index (χ0n) is 15.6. The lowest BCUT2D eigenvalue weighted by atomic mass is 10.1. The number of rotatable bonds is 7. The molecule has 146 valence electrons. The van der Waals surface area contributed by atoms with Gasteiger partial charge in [-0.05, 0) is 5.56 Å². The molecule has 8 nitrogen and oxygen atoms in total. The first kappa shape index (κ1) is 19.5. The zero-order valence-corrected chi connectivity index (χ0v) is 15.6. The van der Waals surface area contributed by atoms with E-state index in [0.717, 1.165) is 5.56 Å². The second kappa shape index (κ2) is 8.62. The number of nitrogens with zero attached hydrogens (tertiary/aromatic N) is 2. The molecule has 0 N–H and O–H groups in total. The van der Waals surface area contributed by atoms with Crippen molar-refractivity contribution in [1.29, 1.82) is 0 Å². The molecule has 0 spiro atoms. The summed E-state index contributed by atoms with van der Waals surface area (Å²) in [7, 11) is 4.66. The maximum atomic E-state index is 13.0. The van der Waals surface area contributed by atoms with Crippen LogP contribution in [0.15, 0.2) is 52.2 Å². The van der Waals surface area contributed by atoms with Gasteiger partial charge >= 0.3 is 5.69 Å². The van der Waals surface area contributed by atoms with Crippen LogP contribution in [0, 0.1) is 0 Å². The van der Waals surface area contributed by atoms with Gasteiger partial charge in [-0.15, -0.1) is 0 Å². The Morgan fingerprint density at radius 1 is 1.00 bits per heavy atom. The third-order valence-corrected chi connectivity index (χ3v) is 4.71. The molecular formula is C19H24N2O6. The van der Waals surface area contributed by atoms with E-state index in [4.69, 9.17) is 18.9 Å². The molecule has 0 radical (unpaired) electrons. The molecule has 8 heteroatoms. The van der Waals surface area contributed by atoms with Gasteiger partial charge in [-0.2, -0.15) is 0 Å². The van der Waals surface area contributed by atoms with Crippen molar-refractivity contribution in [3.63, 3.8) is 0 Å². The standard InChI is InChI=1S/C19H24N2O6/c1-24-12-14-16(25-2)17(26-3)18(27-14)20-10-9-15(22)21(19(20)23)11-13-7-5-4-6-8-13/h4-10,14,16-18H,11-12H2,1-3H3/t14-,16-,17-,18-/m1/s1. The summed E-state index contributed by atoms with van der Waals surface area (Å²) in [5.74, 6) is 0. The van der Waals surface area contributed by atoms with Gasteiger partial charge in [0, 0.05) is 33.6 Å². The van der Waals surface area contributed by atoms with E-state index >= 15 is 0 Å². The van der Waals surface area contributed by atoms with Crippen molar-refractivity contribution in [1.82, 2.24) is 9.13 Å². The maximum Gasteiger partial charge on any atom is 0.333 e. The Kier molecular flexibility index (Phi) is 6.22. The third-order valence-electron chi connectivity index (χ3n) is 4.71. The second-order valence-electron chi connectivity index (χ2n) is 6.34. The predicted molar refractivity (Wildman–Crippen MR) is 97.9 cm³/mol. The van der Waals surface area contributed by atoms with E-state index in [1.165, 1.54) is 28.5 Å². The zero-order chi connectivity index (χ0) is 19.4. The molecular weight excluding hydrogens is 352 g/mol. The molecule has 0 amide bonds. The normalized spacial score (nSPS) is 25.0. The molecule has 0 unspecified atom stereocenters. The number of hydrogen-bond donors (Lipinski definition) is 0. The van der Waals surface area contributed by atoms with Crippen molar-refractivity contribution in [3.05, 3.63) is 69.0 Å². The summed E-state index contributed by atoms with van der Waals surface area (Å²) in [5.41, 5.74) is 0.0206. The van der Waals surface area contributed by atoms with Crippen LogP contribution < -0.4 is 11.2 Å². The SMILES string of the molecule is COC[C@H]1O[C@@H](n2ccc(=O)n(Cc3ccccc3)c2=O)[C@H](OC)[C@@H]1OC. The van der Waals surface area contributed by atoms with Gasteiger partial charge in [0.05, 0.1) is 13.2 Å². The maximum absolute atomic E-state index is 13.0. The van der Waals surface area contributed by atoms with E-state index in [-0.39, 0.29) is 12.1 Å². The number of methoxy groups -OCH3 is 3. The molecule has 0 saturated carbocycles. The van der Waals surface area contributed by atoms with E-state index in [1.54, 1.807) is 14.2 Å². The molecule has 1 aliphatic rings. The van der Waals surface area contributed by atoms with Gasteiger partial charge in [-0.3, -0.25) is 13.9 Å². The smallest absolute Gasteiger partial charge is 0.333 e. The van der Waals surface area contributed by atoms with Gasteiger partial charge in [0.2, 0.25) is 0 Å². The van der Waals surface area contributed by atoms with Crippen molar-refractivity contribution in [3.8, 4) is 0 Å². The molecule has 27 heavy (non-hydrogen) atoms. The topological polar surface area (TPSA) is 80.9 Å². The van der Waals surface area contributed by atoms with Crippen LogP contribution in [-0.2, 0) is 25.5 Å². The Balaban J connectivity index is 1.98. The number of ether oxygens (including phenoxy) is 4. The van der Waals surface area contributed by atoms with Gasteiger partial charge in [-0.1, -0.05) is 30.3 Å². The summed E-state index contributed by atoms with van der Waals surface area (Å²) in [6.07, 6.45) is -0.603. The Morgan fingerprint density at radius 3 is 2.33 bits per heavy atom. The van der Waals surface area contributed by atoms with E-state index in [9.17, 15) is 9.59 Å². The molecule has 1 aromatic carbocycles. The van der Waals surface area contributed by atoms with Crippen LogP contribution in [0.3, 0.4) is 0 Å². The first-order valence-electron chi connectivity index (χ1n) is 8.66. The average Bonchev–Trinajstić information content (AvgIpc) is 3.03. The fourth-order valence-electron chi connectivity index (χ4n) is 3.40. The summed E-state index contributed by atoms with van der Waals surface area (Å²) in [4.78, 5) is 25.3. The first-order chi connectivity index (χ1) is 13.1. The van der Waals surface area contributed by atoms with E-state index in [1.807, 2.05) is 30.3 Å². The minimum Gasteiger partial charge on any atom is -0.382 e. The van der Waals surface area contributed by atoms with Crippen molar-refractivity contribution >= 4 is 0 Å². The van der Waals surface area contributed by atoms with Crippen LogP contribution in [0.25, 0.3) is 0 Å². The van der Waals surface area contributed by atoms with Crippen LogP contribution >= 0.6 is 0 Å². The van der Waals surface area contributed by atoms with Crippen LogP contribution in [0.5, 0.6) is 0 Å². The summed E-state index contributed by atoms with van der Waals surface area (Å²) >= 11 is 0. The van der Waals surface area contributed by atoms with Crippen LogP contribution in [-0.4, -0.2) is 55.4 Å². The largest absolute Gasteiger partial charge is 0.382 e. The molecule has 1 aromatic heterocycles. The monoisotopic (exact) mass is 376 g/mol. The number of benzene rings is 1. The van der Waals surface area contributed by atoms with Crippen molar-refractivity contribution in [2.45, 2.75) is 31.1 Å². The number of hydrogen-bond acceptors (Lipinski definition) is 6. The fourth-order valence-corrected chi connectivity index (χ4v) is 3.40. The highest BCUT2D eigenvalue weighted by atomic mass is 16.6. The molecule has 1 fully saturated rings. The minimum atomic E-state index is -0.727. The molecule has 3 rings (SSSR count). The molecule has 0 bridgehead atoms. The summed E-state index contributed by atoms with van der Waals surface area (Å²) in [6, 6.07) is 10.7. The summed E-state index contributed by atoms with van der Waals surface area (Å²) in [5, 5.41) is 0. The quantitative estimate of drug-likeness (QED) is 0.705. The van der Waals surface area contributed by atoms with Crippen LogP contribution in [0.4, 0.5) is 0 Å². The Morgan fingerprint density at radius 2 is 1.70 bits per heavy atom. The van der Waals surface area contributed by atoms with Gasteiger partial charge in [0.15, 0.2) is 6.23 Å². The lowest BCUT2D eigenvalue weighted by Gasteiger charge is -2.22. The molecule has 0 aliphatic carbocycles. The van der Waals surface area contributed by atoms with E-state index in [0.29, 0.717) is 6.61 Å². The van der Waals surface area contributed by atoms with Crippen molar-refractivity contribution in [2.75, 3.05) is 27.9 Å². The summed E-state index contributed by atoms with van der Waals surface area (Å²) < 4.78 is 24.8. The Labute approximate surface area is 156 Å². The molecule has 4 atom stereocenters. The van der Waals surface area contributed by atoms with E-state index in [2.05, 4.69) is 0 Å². The van der Waals surface area contributed by atoms with Crippen molar-refractivity contribution in [2.24, 2.45) is 0 Å². The molecule has 2 heterocycles. The average molecular weight is 376 g/mol. The van der Waals surface area contributed by atoms with Gasteiger partial charge < -0.3 is 18.9 Å². The third kappa shape index (κ3) is 3.89. The lowest BCUT2D eigenvalue weighted by Crippen LogP contribution is -2.44. The predicted octanol–water partition coefficient (Wildman–Crippen LogP) is 0.632. The highest BCUT2D eigenvalue weighted by Gasteiger charge is 2.46. The highest BCUT2D eigenvalue weighted by Crippen LogP contribution is 2.32. The van der Waals surface area contributed by atoms with Crippen LogP contribution in [0.2, 0.25) is 0 Å². The Hall–Kier alpha value is -2.26. The van der Waals surface area contributed by atoms with Crippen molar-refractivity contribution < 1.29 is 18.9 Å². The molecule has 1 saturated heterocycles. The fraction of sp³-hybridized carbons (Fsp3) is 0.474. The van der Waals surface area contributed by atoms with Gasteiger partial charge in [-0.25, -0.2) is 4.79 Å². The molecule has 2 aromatic rings. The highest BCUT2D eigenvalue weighted by molar-refractivity contribution is 5.15. The van der Waals surface area contributed by atoms with Crippen LogP contribution in [0.1, 0.15) is 11.8 Å². The summed E-state index contributed by atoms with van der Waals surface area (Å²) in [6.45, 7) is 0.478. The first-order valence-corrected chi connectivity index (χ1v) is 8.66. The second-order valence-corrected chi connectivity index (χ2v) is 6.34. The number of aromatic nitrogens is 2. The van der Waals surface area contributed by atoms with Gasteiger partial charge in [0.25, 0.3) is 5.56 Å². The minimum absolute atomic E-state index is 0.179. The van der Waals surface area contributed by atoms with E-state index < -0.39 is 30.2 Å².